The second-order valence-corrected chi connectivity index (χ2v) is 4.30. The minimum Gasteiger partial charge on any atom is -0.374 e. The Balaban J connectivity index is 1.84. The van der Waals surface area contributed by atoms with Gasteiger partial charge in [0.15, 0.2) is 0 Å². The van der Waals surface area contributed by atoms with E-state index in [1.165, 1.54) is 5.57 Å². The highest BCUT2D eigenvalue weighted by Crippen LogP contribution is 2.08. The van der Waals surface area contributed by atoms with E-state index in [1.54, 1.807) is 12.7 Å². The minimum absolute atomic E-state index is 0.204. The average molecular weight is 222 g/mol. The van der Waals surface area contributed by atoms with Crippen LogP contribution in [0.25, 0.3) is 0 Å². The summed E-state index contributed by atoms with van der Waals surface area (Å²) in [5.41, 5.74) is 1.20. The highest BCUT2D eigenvalue weighted by molar-refractivity contribution is 4.92. The molecule has 16 heavy (non-hydrogen) atoms. The van der Waals surface area contributed by atoms with Gasteiger partial charge in [-0.25, -0.2) is 4.98 Å². The number of nitrogens with zero attached hydrogens (tertiary/aromatic N) is 4. The van der Waals surface area contributed by atoms with Gasteiger partial charge in [-0.15, -0.1) is 0 Å². The third-order valence-electron chi connectivity index (χ3n) is 2.57. The lowest BCUT2D eigenvalue weighted by atomic mass is 10.2. The molecule has 0 amide bonds. The van der Waals surface area contributed by atoms with E-state index < -0.39 is 0 Å². The summed E-state index contributed by atoms with van der Waals surface area (Å²) in [6, 6.07) is 0. The van der Waals surface area contributed by atoms with Gasteiger partial charge in [0.2, 0.25) is 0 Å². The first kappa shape index (κ1) is 11.3. The maximum atomic E-state index is 5.70. The Hall–Kier alpha value is -1.20. The molecule has 5 nitrogen and oxygen atoms in total. The van der Waals surface area contributed by atoms with E-state index >= 15 is 0 Å². The first-order chi connectivity index (χ1) is 7.74. The minimum atomic E-state index is 0.204. The van der Waals surface area contributed by atoms with Crippen molar-refractivity contribution < 1.29 is 4.74 Å². The Kier molecular flexibility index (Phi) is 3.69. The molecule has 0 radical (unpaired) electrons. The first-order valence-electron chi connectivity index (χ1n) is 5.55. The molecule has 0 aliphatic carbocycles. The molecule has 2 rings (SSSR count). The number of ether oxygens (including phenoxy) is 1. The average Bonchev–Trinajstić information content (AvgIpc) is 2.70. The number of morpholine rings is 1. The van der Waals surface area contributed by atoms with Crippen molar-refractivity contribution in [3.63, 3.8) is 0 Å². The number of hydrogen-bond acceptors (Lipinski definition) is 4. The molecule has 0 bridgehead atoms. The quantitative estimate of drug-likeness (QED) is 0.698. The Morgan fingerprint density at radius 1 is 1.62 bits per heavy atom. The topological polar surface area (TPSA) is 43.2 Å². The summed E-state index contributed by atoms with van der Waals surface area (Å²) in [6.45, 7) is 10.4. The summed E-state index contributed by atoms with van der Waals surface area (Å²) < 4.78 is 7.52. The van der Waals surface area contributed by atoms with E-state index in [0.717, 1.165) is 32.8 Å². The molecule has 2 heterocycles. The summed E-state index contributed by atoms with van der Waals surface area (Å²) in [6.07, 6.45) is 3.48. The van der Waals surface area contributed by atoms with Crippen LogP contribution in [0.2, 0.25) is 0 Å². The van der Waals surface area contributed by atoms with Crippen molar-refractivity contribution in [3.8, 4) is 0 Å². The van der Waals surface area contributed by atoms with Crippen LogP contribution < -0.4 is 0 Å². The Morgan fingerprint density at radius 2 is 2.50 bits per heavy atom. The molecule has 0 saturated carbocycles. The maximum absolute atomic E-state index is 5.70. The largest absolute Gasteiger partial charge is 0.374 e. The fourth-order valence-corrected chi connectivity index (χ4v) is 1.95. The third-order valence-corrected chi connectivity index (χ3v) is 2.57. The van der Waals surface area contributed by atoms with Crippen molar-refractivity contribution in [2.75, 3.05) is 26.2 Å². The monoisotopic (exact) mass is 222 g/mol. The van der Waals surface area contributed by atoms with Crippen molar-refractivity contribution in [1.82, 2.24) is 19.7 Å². The molecule has 1 saturated heterocycles. The summed E-state index contributed by atoms with van der Waals surface area (Å²) in [5, 5.41) is 4.09. The number of rotatable bonds is 4. The molecular weight excluding hydrogens is 204 g/mol. The van der Waals surface area contributed by atoms with Crippen LogP contribution in [-0.2, 0) is 11.3 Å². The smallest absolute Gasteiger partial charge is 0.137 e. The highest BCUT2D eigenvalue weighted by Gasteiger charge is 2.20. The Morgan fingerprint density at radius 3 is 3.19 bits per heavy atom. The van der Waals surface area contributed by atoms with Crippen molar-refractivity contribution in [2.24, 2.45) is 0 Å². The molecule has 0 unspecified atom stereocenters. The second kappa shape index (κ2) is 5.23. The van der Waals surface area contributed by atoms with Gasteiger partial charge >= 0.3 is 0 Å². The van der Waals surface area contributed by atoms with E-state index in [1.807, 2.05) is 4.68 Å². The zero-order valence-electron chi connectivity index (χ0n) is 9.67. The first-order valence-corrected chi connectivity index (χ1v) is 5.55. The molecule has 88 valence electrons. The van der Waals surface area contributed by atoms with Gasteiger partial charge < -0.3 is 4.74 Å². The van der Waals surface area contributed by atoms with Gasteiger partial charge in [-0.2, -0.15) is 5.10 Å². The van der Waals surface area contributed by atoms with Crippen LogP contribution in [0, 0.1) is 0 Å². The summed E-state index contributed by atoms with van der Waals surface area (Å²) in [4.78, 5) is 6.29. The van der Waals surface area contributed by atoms with Crippen LogP contribution in [0.4, 0.5) is 0 Å². The lowest BCUT2D eigenvalue weighted by Crippen LogP contribution is -2.44. The van der Waals surface area contributed by atoms with Crippen LogP contribution >= 0.6 is 0 Å². The highest BCUT2D eigenvalue weighted by atomic mass is 16.5. The zero-order chi connectivity index (χ0) is 11.4. The lowest BCUT2D eigenvalue weighted by molar-refractivity contribution is -0.0345. The van der Waals surface area contributed by atoms with Gasteiger partial charge in [0.25, 0.3) is 0 Å². The molecular formula is C11H18N4O. The molecule has 0 spiro atoms. The predicted molar refractivity (Wildman–Crippen MR) is 61.0 cm³/mol. The molecule has 1 fully saturated rings. The second-order valence-electron chi connectivity index (χ2n) is 4.30. The van der Waals surface area contributed by atoms with E-state index in [4.69, 9.17) is 4.74 Å². The molecule has 1 aromatic rings. The molecule has 1 atom stereocenters. The fraction of sp³-hybridized carbons (Fsp3) is 0.636. The fourth-order valence-electron chi connectivity index (χ4n) is 1.95. The normalized spacial score (nSPS) is 22.2. The summed E-state index contributed by atoms with van der Waals surface area (Å²) in [7, 11) is 0. The lowest BCUT2D eigenvalue weighted by Gasteiger charge is -2.32. The van der Waals surface area contributed by atoms with Gasteiger partial charge in [0.1, 0.15) is 12.7 Å². The molecule has 1 aromatic heterocycles. The maximum Gasteiger partial charge on any atom is 0.137 e. The Labute approximate surface area is 95.7 Å². The summed E-state index contributed by atoms with van der Waals surface area (Å²) >= 11 is 0. The molecule has 5 heteroatoms. The van der Waals surface area contributed by atoms with Crippen molar-refractivity contribution >= 4 is 0 Å². The molecule has 1 aliphatic rings. The van der Waals surface area contributed by atoms with E-state index in [-0.39, 0.29) is 6.10 Å². The van der Waals surface area contributed by atoms with Gasteiger partial charge in [-0.1, -0.05) is 12.2 Å². The van der Waals surface area contributed by atoms with Crippen molar-refractivity contribution in [1.29, 1.82) is 0 Å². The third kappa shape index (κ3) is 3.15. The summed E-state index contributed by atoms with van der Waals surface area (Å²) in [5.74, 6) is 0. The van der Waals surface area contributed by atoms with E-state index in [0.29, 0.717) is 0 Å². The molecule has 0 N–H and O–H groups in total. The van der Waals surface area contributed by atoms with Crippen LogP contribution in [0.1, 0.15) is 6.92 Å². The zero-order valence-corrected chi connectivity index (χ0v) is 9.67. The van der Waals surface area contributed by atoms with Gasteiger partial charge in [-0.3, -0.25) is 9.58 Å². The van der Waals surface area contributed by atoms with E-state index in [9.17, 15) is 0 Å². The van der Waals surface area contributed by atoms with Crippen LogP contribution in [0.15, 0.2) is 24.8 Å². The van der Waals surface area contributed by atoms with Gasteiger partial charge in [-0.05, 0) is 6.92 Å². The number of hydrogen-bond donors (Lipinski definition) is 0. The van der Waals surface area contributed by atoms with Crippen LogP contribution in [0.3, 0.4) is 0 Å². The SMILES string of the molecule is C=C(C)CN1CCO[C@@H](Cn2cncn2)C1. The predicted octanol–water partition coefficient (Wildman–Crippen LogP) is 0.555. The Bertz CT molecular complexity index is 336. The molecule has 0 aromatic carbocycles. The van der Waals surface area contributed by atoms with Crippen molar-refractivity contribution in [3.05, 3.63) is 24.8 Å². The van der Waals surface area contributed by atoms with Crippen LogP contribution in [0.5, 0.6) is 0 Å². The van der Waals surface area contributed by atoms with Crippen molar-refractivity contribution in [2.45, 2.75) is 19.6 Å². The van der Waals surface area contributed by atoms with E-state index in [2.05, 4.69) is 28.5 Å². The van der Waals surface area contributed by atoms with Gasteiger partial charge in [0.05, 0.1) is 19.3 Å². The van der Waals surface area contributed by atoms with Crippen LogP contribution in [-0.4, -0.2) is 52.0 Å². The molecule has 1 aliphatic heterocycles. The van der Waals surface area contributed by atoms with Gasteiger partial charge in [0, 0.05) is 19.6 Å². The standard InChI is InChI=1S/C11H18N4O/c1-10(2)5-14-3-4-16-11(6-14)7-15-9-12-8-13-15/h8-9,11H,1,3-7H2,2H3/t11-/m1/s1. The number of aromatic nitrogens is 3.